The average Bonchev–Trinajstić information content (AvgIpc) is 2.80. The summed E-state index contributed by atoms with van der Waals surface area (Å²) >= 11 is 1.48. The summed E-state index contributed by atoms with van der Waals surface area (Å²) < 4.78 is 0. The van der Waals surface area contributed by atoms with E-state index in [4.69, 9.17) is 5.11 Å². The molecule has 1 aliphatic rings. The zero-order valence-electron chi connectivity index (χ0n) is 11.9. The molecule has 1 aliphatic carbocycles. The van der Waals surface area contributed by atoms with Gasteiger partial charge in [0.15, 0.2) is 0 Å². The van der Waals surface area contributed by atoms with Crippen molar-refractivity contribution in [2.75, 3.05) is 7.05 Å². The first-order valence-corrected chi connectivity index (χ1v) is 7.41. The molecule has 5 heteroatoms. The van der Waals surface area contributed by atoms with Crippen LogP contribution in [-0.2, 0) is 16.1 Å². The van der Waals surface area contributed by atoms with Gasteiger partial charge in [-0.2, -0.15) is 0 Å². The summed E-state index contributed by atoms with van der Waals surface area (Å²) in [5.41, 5.74) is 1.18. The van der Waals surface area contributed by atoms with Crippen LogP contribution in [0.15, 0.2) is 17.5 Å². The van der Waals surface area contributed by atoms with Crippen LogP contribution in [-0.4, -0.2) is 28.9 Å². The van der Waals surface area contributed by atoms with Crippen LogP contribution < -0.4 is 0 Å². The van der Waals surface area contributed by atoms with Gasteiger partial charge >= 0.3 is 5.97 Å². The van der Waals surface area contributed by atoms with E-state index >= 15 is 0 Å². The van der Waals surface area contributed by atoms with Gasteiger partial charge in [-0.05, 0) is 34.9 Å². The maximum atomic E-state index is 12.2. The second kappa shape index (κ2) is 5.40. The van der Waals surface area contributed by atoms with E-state index in [-0.39, 0.29) is 17.2 Å². The van der Waals surface area contributed by atoms with Crippen molar-refractivity contribution in [3.05, 3.63) is 28.0 Å². The molecule has 1 aromatic heterocycles. The third-order valence-corrected chi connectivity index (χ3v) is 4.62. The van der Waals surface area contributed by atoms with Gasteiger partial charge in [-0.15, -0.1) is 11.3 Å². The monoisotopic (exact) mass is 293 g/mol. The number of aliphatic carboxylic acids is 1. The molecular formula is C15H19NO3S. The maximum absolute atomic E-state index is 12.2. The van der Waals surface area contributed by atoms with Crippen molar-refractivity contribution in [1.29, 1.82) is 0 Å². The minimum absolute atomic E-state index is 0.148. The molecule has 0 aromatic carbocycles. The number of hydrogen-bond donors (Lipinski definition) is 1. The summed E-state index contributed by atoms with van der Waals surface area (Å²) in [4.78, 5) is 25.3. The minimum Gasteiger partial charge on any atom is -0.478 e. The van der Waals surface area contributed by atoms with Crippen molar-refractivity contribution in [2.24, 2.45) is 11.3 Å². The largest absolute Gasteiger partial charge is 0.478 e. The van der Waals surface area contributed by atoms with Crippen LogP contribution >= 0.6 is 11.3 Å². The van der Waals surface area contributed by atoms with Crippen molar-refractivity contribution in [1.82, 2.24) is 4.90 Å². The lowest BCUT2D eigenvalue weighted by molar-refractivity contribution is -0.133. The normalized spacial score (nSPS) is 20.1. The molecule has 0 spiro atoms. The molecular weight excluding hydrogens is 274 g/mol. The Morgan fingerprint density at radius 1 is 1.55 bits per heavy atom. The summed E-state index contributed by atoms with van der Waals surface area (Å²) in [5.74, 6) is -0.607. The first-order valence-electron chi connectivity index (χ1n) is 6.53. The molecule has 1 fully saturated rings. The number of amides is 1. The molecule has 20 heavy (non-hydrogen) atoms. The summed E-state index contributed by atoms with van der Waals surface area (Å²) in [6, 6.07) is 1.92. The van der Waals surface area contributed by atoms with Crippen LogP contribution in [0.25, 0.3) is 6.08 Å². The number of rotatable bonds is 5. The number of nitrogens with zero attached hydrogens (tertiary/aromatic N) is 1. The molecule has 2 rings (SSSR count). The highest BCUT2D eigenvalue weighted by Gasteiger charge is 2.51. The third kappa shape index (κ3) is 3.48. The molecule has 0 saturated heterocycles. The Labute approximate surface area is 122 Å². The highest BCUT2D eigenvalue weighted by atomic mass is 32.1. The SMILES string of the molecule is CN(Cc1csc(/C=C/C(=O)O)c1)C(=O)C1CC1(C)C. The van der Waals surface area contributed by atoms with Gasteiger partial charge < -0.3 is 10.0 Å². The van der Waals surface area contributed by atoms with Crippen molar-refractivity contribution in [3.8, 4) is 0 Å². The molecule has 1 amide bonds. The molecule has 0 bridgehead atoms. The number of thiophene rings is 1. The van der Waals surface area contributed by atoms with Crippen molar-refractivity contribution in [2.45, 2.75) is 26.8 Å². The molecule has 4 nitrogen and oxygen atoms in total. The van der Waals surface area contributed by atoms with Gasteiger partial charge in [-0.3, -0.25) is 4.79 Å². The van der Waals surface area contributed by atoms with Crippen LogP contribution in [0.1, 0.15) is 30.7 Å². The van der Waals surface area contributed by atoms with Crippen molar-refractivity contribution >= 4 is 29.3 Å². The molecule has 1 N–H and O–H groups in total. The Morgan fingerprint density at radius 2 is 2.20 bits per heavy atom. The number of carbonyl (C=O) groups excluding carboxylic acids is 1. The number of carbonyl (C=O) groups is 2. The molecule has 1 heterocycles. The summed E-state index contributed by atoms with van der Waals surface area (Å²) in [6.07, 6.45) is 3.66. The predicted molar refractivity (Wildman–Crippen MR) is 79.4 cm³/mol. The first-order chi connectivity index (χ1) is 9.29. The van der Waals surface area contributed by atoms with E-state index in [0.29, 0.717) is 6.54 Å². The fourth-order valence-corrected chi connectivity index (χ4v) is 3.02. The van der Waals surface area contributed by atoms with Crippen LogP contribution in [0.3, 0.4) is 0 Å². The van der Waals surface area contributed by atoms with E-state index in [1.807, 2.05) is 18.5 Å². The van der Waals surface area contributed by atoms with E-state index in [9.17, 15) is 9.59 Å². The van der Waals surface area contributed by atoms with Crippen LogP contribution in [0.5, 0.6) is 0 Å². The first kappa shape index (κ1) is 14.8. The van der Waals surface area contributed by atoms with Crippen LogP contribution in [0.4, 0.5) is 0 Å². The van der Waals surface area contributed by atoms with Crippen LogP contribution in [0.2, 0.25) is 0 Å². The van der Waals surface area contributed by atoms with Gasteiger partial charge in [-0.25, -0.2) is 4.79 Å². The topological polar surface area (TPSA) is 57.6 Å². The molecule has 1 saturated carbocycles. The van der Waals surface area contributed by atoms with Gasteiger partial charge in [0, 0.05) is 30.5 Å². The Balaban J connectivity index is 1.93. The summed E-state index contributed by atoms with van der Waals surface area (Å²) in [7, 11) is 1.82. The standard InChI is InChI=1S/C15H19NO3S/c1-15(2)7-12(15)14(19)16(3)8-10-6-11(20-9-10)4-5-13(17)18/h4-6,9,12H,7-8H2,1-3H3,(H,17,18)/b5-4+. The van der Waals surface area contributed by atoms with Crippen molar-refractivity contribution in [3.63, 3.8) is 0 Å². The molecule has 0 radical (unpaired) electrons. The van der Waals surface area contributed by atoms with Crippen LogP contribution in [0, 0.1) is 11.3 Å². The molecule has 1 aromatic rings. The number of carboxylic acid groups (broad SMARTS) is 1. The Morgan fingerprint density at radius 3 is 2.75 bits per heavy atom. The molecule has 1 atom stereocenters. The smallest absolute Gasteiger partial charge is 0.328 e. The van der Waals surface area contributed by atoms with Gasteiger partial charge in [0.05, 0.1) is 0 Å². The molecule has 0 aliphatic heterocycles. The van der Waals surface area contributed by atoms with Gasteiger partial charge in [0.25, 0.3) is 0 Å². The fraction of sp³-hybridized carbons (Fsp3) is 0.467. The van der Waals surface area contributed by atoms with E-state index in [2.05, 4.69) is 13.8 Å². The van der Waals surface area contributed by atoms with Gasteiger partial charge in [0.2, 0.25) is 5.91 Å². The van der Waals surface area contributed by atoms with Gasteiger partial charge in [0.1, 0.15) is 0 Å². The van der Waals surface area contributed by atoms with E-state index in [1.165, 1.54) is 11.3 Å². The average molecular weight is 293 g/mol. The second-order valence-electron chi connectivity index (χ2n) is 5.97. The quantitative estimate of drug-likeness (QED) is 0.849. The Hall–Kier alpha value is -1.62. The second-order valence-corrected chi connectivity index (χ2v) is 6.91. The molecule has 108 valence electrons. The summed E-state index contributed by atoms with van der Waals surface area (Å²) in [6.45, 7) is 4.80. The summed E-state index contributed by atoms with van der Waals surface area (Å²) in [5, 5.41) is 10.5. The zero-order valence-corrected chi connectivity index (χ0v) is 12.7. The fourth-order valence-electron chi connectivity index (χ4n) is 2.22. The van der Waals surface area contributed by atoms with Crippen molar-refractivity contribution < 1.29 is 14.7 Å². The molecule has 1 unspecified atom stereocenters. The lowest BCUT2D eigenvalue weighted by atomic mass is 10.1. The Bertz CT molecular complexity index is 559. The lowest BCUT2D eigenvalue weighted by Gasteiger charge is -2.17. The number of carboxylic acids is 1. The van der Waals surface area contributed by atoms with E-state index < -0.39 is 5.97 Å². The van der Waals surface area contributed by atoms with E-state index in [0.717, 1.165) is 22.9 Å². The third-order valence-electron chi connectivity index (χ3n) is 3.67. The highest BCUT2D eigenvalue weighted by Crippen LogP contribution is 2.52. The predicted octanol–water partition coefficient (Wildman–Crippen LogP) is 2.85. The Kier molecular flexibility index (Phi) is 3.99. The highest BCUT2D eigenvalue weighted by molar-refractivity contribution is 7.11. The van der Waals surface area contributed by atoms with E-state index in [1.54, 1.807) is 11.0 Å². The van der Waals surface area contributed by atoms with Gasteiger partial charge in [-0.1, -0.05) is 13.8 Å². The zero-order chi connectivity index (χ0) is 14.9. The minimum atomic E-state index is -0.955. The lowest BCUT2D eigenvalue weighted by Crippen LogP contribution is -2.28. The number of hydrogen-bond acceptors (Lipinski definition) is 3. The maximum Gasteiger partial charge on any atom is 0.328 e.